The number of carbonyl (C=O) groups excluding carboxylic acids is 1. The zero-order valence-corrected chi connectivity index (χ0v) is 17.2. The first-order valence-electron chi connectivity index (χ1n) is 8.75. The maximum Gasteiger partial charge on any atom is 0.251 e. The number of anilines is 1. The Morgan fingerprint density at radius 3 is 2.00 bits per heavy atom. The van der Waals surface area contributed by atoms with Crippen LogP contribution in [0.1, 0.15) is 29.8 Å². The van der Waals surface area contributed by atoms with Gasteiger partial charge in [0.2, 0.25) is 10.0 Å². The van der Waals surface area contributed by atoms with Gasteiger partial charge in [0.1, 0.15) is 0 Å². The quantitative estimate of drug-likeness (QED) is 0.790. The molecule has 27 heavy (non-hydrogen) atoms. The third kappa shape index (κ3) is 5.08. The van der Waals surface area contributed by atoms with Gasteiger partial charge in [-0.2, -0.15) is 4.31 Å². The van der Waals surface area contributed by atoms with Crippen molar-refractivity contribution < 1.29 is 13.2 Å². The van der Waals surface area contributed by atoms with Crippen molar-refractivity contribution >= 4 is 21.6 Å². The molecule has 2 rings (SSSR count). The van der Waals surface area contributed by atoms with E-state index in [1.807, 2.05) is 45.0 Å². The Labute approximate surface area is 161 Å². The maximum absolute atomic E-state index is 12.5. The minimum atomic E-state index is -3.50. The van der Waals surface area contributed by atoms with Crippen molar-refractivity contribution in [2.75, 3.05) is 26.0 Å². The van der Waals surface area contributed by atoms with Crippen LogP contribution in [0.15, 0.2) is 53.4 Å². The van der Waals surface area contributed by atoms with Crippen molar-refractivity contribution in [3.8, 4) is 0 Å². The molecule has 0 bridgehead atoms. The maximum atomic E-state index is 12.5. The number of sulfonamides is 1. The van der Waals surface area contributed by atoms with Gasteiger partial charge in [-0.3, -0.25) is 4.79 Å². The molecule has 6 nitrogen and oxygen atoms in total. The Morgan fingerprint density at radius 2 is 1.52 bits per heavy atom. The topological polar surface area (TPSA) is 69.7 Å². The normalized spacial score (nSPS) is 11.7. The summed E-state index contributed by atoms with van der Waals surface area (Å²) in [5.41, 5.74) is 2.44. The van der Waals surface area contributed by atoms with Gasteiger partial charge >= 0.3 is 0 Å². The minimum Gasteiger partial charge on any atom is -0.378 e. The van der Waals surface area contributed by atoms with Gasteiger partial charge in [-0.15, -0.1) is 0 Å². The monoisotopic (exact) mass is 389 g/mol. The number of amides is 1. The third-order valence-electron chi connectivity index (χ3n) is 4.43. The van der Waals surface area contributed by atoms with E-state index in [1.165, 1.54) is 4.31 Å². The molecule has 0 spiro atoms. The van der Waals surface area contributed by atoms with Crippen LogP contribution in [0.3, 0.4) is 0 Å². The fraction of sp³-hybridized carbons (Fsp3) is 0.350. The molecule has 2 aromatic carbocycles. The largest absolute Gasteiger partial charge is 0.378 e. The molecule has 0 aliphatic rings. The SMILES string of the molecule is CC(C)N(C)S(=O)(=O)c1ccc(CNC(=O)c2ccc(N(C)C)cc2)cc1. The van der Waals surface area contributed by atoms with Gasteiger partial charge in [-0.1, -0.05) is 12.1 Å². The Bertz CT molecular complexity index is 874. The van der Waals surface area contributed by atoms with E-state index in [-0.39, 0.29) is 16.8 Å². The van der Waals surface area contributed by atoms with Crippen LogP contribution in [0.2, 0.25) is 0 Å². The number of nitrogens with one attached hydrogen (secondary N) is 1. The van der Waals surface area contributed by atoms with Gasteiger partial charge in [-0.05, 0) is 55.8 Å². The van der Waals surface area contributed by atoms with E-state index in [2.05, 4.69) is 5.32 Å². The average molecular weight is 390 g/mol. The summed E-state index contributed by atoms with van der Waals surface area (Å²) in [6.07, 6.45) is 0. The Hall–Kier alpha value is -2.38. The van der Waals surface area contributed by atoms with E-state index in [9.17, 15) is 13.2 Å². The molecule has 1 amide bonds. The summed E-state index contributed by atoms with van der Waals surface area (Å²) < 4.78 is 26.3. The molecule has 0 saturated carbocycles. The highest BCUT2D eigenvalue weighted by Crippen LogP contribution is 2.17. The van der Waals surface area contributed by atoms with E-state index >= 15 is 0 Å². The molecule has 0 heterocycles. The molecule has 2 aromatic rings. The number of rotatable bonds is 7. The first-order chi connectivity index (χ1) is 12.6. The molecule has 0 aliphatic carbocycles. The zero-order chi connectivity index (χ0) is 20.2. The molecule has 1 N–H and O–H groups in total. The summed E-state index contributed by atoms with van der Waals surface area (Å²) in [5.74, 6) is -0.170. The standard InChI is InChI=1S/C20H27N3O3S/c1-15(2)23(5)27(25,26)19-12-6-16(7-13-19)14-21-20(24)17-8-10-18(11-9-17)22(3)4/h6-13,15H,14H2,1-5H3,(H,21,24). The van der Waals surface area contributed by atoms with Crippen molar-refractivity contribution in [3.05, 3.63) is 59.7 Å². The summed E-state index contributed by atoms with van der Waals surface area (Å²) in [4.78, 5) is 14.5. The number of hydrogen-bond acceptors (Lipinski definition) is 4. The van der Waals surface area contributed by atoms with Crippen LogP contribution in [-0.2, 0) is 16.6 Å². The average Bonchev–Trinajstić information content (AvgIpc) is 2.65. The number of hydrogen-bond donors (Lipinski definition) is 1. The van der Waals surface area contributed by atoms with Crippen LogP contribution in [0, 0.1) is 0 Å². The molecule has 0 radical (unpaired) electrons. The predicted octanol–water partition coefficient (Wildman–Crippen LogP) is 2.71. The summed E-state index contributed by atoms with van der Waals surface area (Å²) in [6.45, 7) is 3.98. The lowest BCUT2D eigenvalue weighted by atomic mass is 10.1. The van der Waals surface area contributed by atoms with Crippen molar-refractivity contribution in [1.29, 1.82) is 0 Å². The smallest absolute Gasteiger partial charge is 0.251 e. The van der Waals surface area contributed by atoms with Crippen molar-refractivity contribution in [3.63, 3.8) is 0 Å². The van der Waals surface area contributed by atoms with Gasteiger partial charge in [0.25, 0.3) is 5.91 Å². The Morgan fingerprint density at radius 1 is 0.963 bits per heavy atom. The Kier molecular flexibility index (Phi) is 6.62. The van der Waals surface area contributed by atoms with Crippen LogP contribution >= 0.6 is 0 Å². The number of benzene rings is 2. The molecular weight excluding hydrogens is 362 g/mol. The van der Waals surface area contributed by atoms with Crippen molar-refractivity contribution in [2.24, 2.45) is 0 Å². The Balaban J connectivity index is 2.01. The van der Waals surface area contributed by atoms with Crippen molar-refractivity contribution in [2.45, 2.75) is 31.3 Å². The van der Waals surface area contributed by atoms with Gasteiger partial charge in [0, 0.05) is 45.0 Å². The lowest BCUT2D eigenvalue weighted by molar-refractivity contribution is 0.0951. The third-order valence-corrected chi connectivity index (χ3v) is 6.47. The molecule has 0 aliphatic heterocycles. The second-order valence-electron chi connectivity index (χ2n) is 6.88. The van der Waals surface area contributed by atoms with Gasteiger partial charge in [-0.25, -0.2) is 8.42 Å². The molecule has 0 saturated heterocycles. The van der Waals surface area contributed by atoms with Crippen LogP contribution < -0.4 is 10.2 Å². The second-order valence-corrected chi connectivity index (χ2v) is 8.88. The number of carbonyl (C=O) groups is 1. The molecule has 0 unspecified atom stereocenters. The molecule has 7 heteroatoms. The summed E-state index contributed by atoms with van der Waals surface area (Å²) in [7, 11) is 1.95. The first kappa shape index (κ1) is 20.9. The van der Waals surface area contributed by atoms with Gasteiger partial charge in [0.15, 0.2) is 0 Å². The minimum absolute atomic E-state index is 0.118. The lowest BCUT2D eigenvalue weighted by Gasteiger charge is -2.21. The van der Waals surface area contributed by atoms with E-state index in [0.717, 1.165) is 11.3 Å². The van der Waals surface area contributed by atoms with E-state index in [0.29, 0.717) is 12.1 Å². The van der Waals surface area contributed by atoms with Crippen LogP contribution in [0.5, 0.6) is 0 Å². The van der Waals surface area contributed by atoms with Crippen LogP contribution in [0.25, 0.3) is 0 Å². The molecule has 146 valence electrons. The number of nitrogens with zero attached hydrogens (tertiary/aromatic N) is 2. The van der Waals surface area contributed by atoms with Crippen LogP contribution in [-0.4, -0.2) is 45.8 Å². The molecule has 0 aromatic heterocycles. The summed E-state index contributed by atoms with van der Waals surface area (Å²) in [5, 5.41) is 2.85. The molecule has 0 fully saturated rings. The van der Waals surface area contributed by atoms with Crippen molar-refractivity contribution in [1.82, 2.24) is 9.62 Å². The fourth-order valence-corrected chi connectivity index (χ4v) is 3.79. The molecule has 0 atom stereocenters. The van der Waals surface area contributed by atoms with E-state index in [4.69, 9.17) is 0 Å². The highest BCUT2D eigenvalue weighted by atomic mass is 32.2. The highest BCUT2D eigenvalue weighted by molar-refractivity contribution is 7.89. The van der Waals surface area contributed by atoms with E-state index in [1.54, 1.807) is 43.4 Å². The highest BCUT2D eigenvalue weighted by Gasteiger charge is 2.22. The summed E-state index contributed by atoms with van der Waals surface area (Å²) in [6, 6.07) is 13.8. The lowest BCUT2D eigenvalue weighted by Crippen LogP contribution is -2.33. The summed E-state index contributed by atoms with van der Waals surface area (Å²) >= 11 is 0. The van der Waals surface area contributed by atoms with Gasteiger partial charge in [0.05, 0.1) is 4.90 Å². The van der Waals surface area contributed by atoms with Gasteiger partial charge < -0.3 is 10.2 Å². The zero-order valence-electron chi connectivity index (χ0n) is 16.4. The fourth-order valence-electron chi connectivity index (χ4n) is 2.42. The van der Waals surface area contributed by atoms with Crippen LogP contribution in [0.4, 0.5) is 5.69 Å². The molecular formula is C20H27N3O3S. The first-order valence-corrected chi connectivity index (χ1v) is 10.2. The second kappa shape index (κ2) is 8.54. The predicted molar refractivity (Wildman–Crippen MR) is 108 cm³/mol. The van der Waals surface area contributed by atoms with E-state index < -0.39 is 10.0 Å².